The number of rotatable bonds is 1. The van der Waals surface area contributed by atoms with Crippen LogP contribution in [-0.4, -0.2) is 5.78 Å². The summed E-state index contributed by atoms with van der Waals surface area (Å²) >= 11 is 0. The van der Waals surface area contributed by atoms with Crippen molar-refractivity contribution in [3.8, 4) is 0 Å². The fourth-order valence-corrected chi connectivity index (χ4v) is 2.09. The molecule has 14 heavy (non-hydrogen) atoms. The van der Waals surface area contributed by atoms with E-state index in [-0.39, 0.29) is 0 Å². The van der Waals surface area contributed by atoms with E-state index in [1.54, 1.807) is 0 Å². The van der Waals surface area contributed by atoms with Crippen molar-refractivity contribution in [2.75, 3.05) is 5.73 Å². The molecule has 0 spiro atoms. The fourth-order valence-electron chi connectivity index (χ4n) is 2.09. The molecule has 1 aliphatic carbocycles. The van der Waals surface area contributed by atoms with E-state index >= 15 is 0 Å². The summed E-state index contributed by atoms with van der Waals surface area (Å²) < 4.78 is 0. The van der Waals surface area contributed by atoms with Crippen LogP contribution in [0.1, 0.15) is 37.2 Å². The van der Waals surface area contributed by atoms with Gasteiger partial charge in [-0.05, 0) is 36.5 Å². The number of hydrogen-bond acceptors (Lipinski definition) is 2. The molecule has 2 heteroatoms. The van der Waals surface area contributed by atoms with E-state index in [9.17, 15) is 4.79 Å². The highest BCUT2D eigenvalue weighted by Gasteiger charge is 2.19. The Bertz CT molecular complexity index is 336. The van der Waals surface area contributed by atoms with Gasteiger partial charge in [0.1, 0.15) is 5.78 Å². The van der Waals surface area contributed by atoms with Crippen LogP contribution in [0.5, 0.6) is 0 Å². The van der Waals surface area contributed by atoms with Crippen molar-refractivity contribution in [2.45, 2.75) is 31.6 Å². The molecule has 0 aliphatic heterocycles. The molecular formula is C12H15NO. The van der Waals surface area contributed by atoms with Crippen molar-refractivity contribution in [1.29, 1.82) is 0 Å². The number of carbonyl (C=O) groups is 1. The summed E-state index contributed by atoms with van der Waals surface area (Å²) in [6, 6.07) is 8.02. The average molecular weight is 189 g/mol. The minimum atomic E-state index is 0.408. The lowest BCUT2D eigenvalue weighted by molar-refractivity contribution is -0.120. The predicted molar refractivity (Wildman–Crippen MR) is 57.1 cm³/mol. The van der Waals surface area contributed by atoms with Gasteiger partial charge in [-0.1, -0.05) is 12.1 Å². The number of ketones is 1. The van der Waals surface area contributed by atoms with E-state index in [0.717, 1.165) is 31.4 Å². The zero-order valence-corrected chi connectivity index (χ0v) is 8.20. The molecule has 1 aromatic carbocycles. The Labute approximate surface area is 84.1 Å². The molecule has 2 rings (SSSR count). The normalized spacial score (nSPS) is 18.4. The highest BCUT2D eigenvalue weighted by Crippen LogP contribution is 2.31. The molecule has 0 saturated heterocycles. The molecule has 0 bridgehead atoms. The predicted octanol–water partition coefficient (Wildman–Crippen LogP) is 2.50. The molecule has 74 valence electrons. The van der Waals surface area contributed by atoms with Crippen LogP contribution in [0.2, 0.25) is 0 Å². The number of anilines is 1. The Morgan fingerprint density at radius 2 is 1.93 bits per heavy atom. The summed E-state index contributed by atoms with van der Waals surface area (Å²) in [5.74, 6) is 0.946. The molecular weight excluding hydrogens is 174 g/mol. The van der Waals surface area contributed by atoms with Crippen LogP contribution in [0, 0.1) is 0 Å². The smallest absolute Gasteiger partial charge is 0.132 e. The molecule has 0 heterocycles. The number of carbonyl (C=O) groups excluding carboxylic acids is 1. The summed E-state index contributed by atoms with van der Waals surface area (Å²) in [6.45, 7) is 0. The van der Waals surface area contributed by atoms with Gasteiger partial charge < -0.3 is 5.73 Å². The Hall–Kier alpha value is -1.31. The summed E-state index contributed by atoms with van der Waals surface area (Å²) in [7, 11) is 0. The number of nitrogen functional groups attached to an aromatic ring is 1. The quantitative estimate of drug-likeness (QED) is 0.690. The van der Waals surface area contributed by atoms with E-state index in [1.165, 1.54) is 5.56 Å². The third kappa shape index (κ3) is 1.95. The van der Waals surface area contributed by atoms with Gasteiger partial charge in [-0.3, -0.25) is 4.79 Å². The molecule has 2 N–H and O–H groups in total. The third-order valence-corrected chi connectivity index (χ3v) is 2.93. The van der Waals surface area contributed by atoms with E-state index in [1.807, 2.05) is 18.2 Å². The first-order chi connectivity index (χ1) is 6.75. The standard InChI is InChI=1S/C12H15NO/c13-11-3-1-2-10(8-11)9-4-6-12(14)7-5-9/h1-3,8-9H,4-7,13H2. The molecule has 0 atom stereocenters. The fraction of sp³-hybridized carbons (Fsp3) is 0.417. The lowest BCUT2D eigenvalue weighted by Gasteiger charge is -2.21. The second kappa shape index (κ2) is 3.82. The molecule has 0 radical (unpaired) electrons. The molecule has 1 aromatic rings. The maximum atomic E-state index is 11.1. The van der Waals surface area contributed by atoms with Gasteiger partial charge in [0, 0.05) is 18.5 Å². The van der Waals surface area contributed by atoms with Crippen molar-refractivity contribution in [2.24, 2.45) is 0 Å². The summed E-state index contributed by atoms with van der Waals surface area (Å²) in [5, 5.41) is 0. The monoisotopic (exact) mass is 189 g/mol. The lowest BCUT2D eigenvalue weighted by atomic mass is 9.83. The first-order valence-electron chi connectivity index (χ1n) is 5.13. The van der Waals surface area contributed by atoms with Gasteiger partial charge >= 0.3 is 0 Å². The van der Waals surface area contributed by atoms with Crippen molar-refractivity contribution in [3.63, 3.8) is 0 Å². The van der Waals surface area contributed by atoms with Gasteiger partial charge in [-0.25, -0.2) is 0 Å². The minimum Gasteiger partial charge on any atom is -0.399 e. The van der Waals surface area contributed by atoms with Crippen LogP contribution >= 0.6 is 0 Å². The molecule has 2 nitrogen and oxygen atoms in total. The van der Waals surface area contributed by atoms with Crippen molar-refractivity contribution in [1.82, 2.24) is 0 Å². The Kier molecular flexibility index (Phi) is 2.53. The molecule has 0 amide bonds. The largest absolute Gasteiger partial charge is 0.399 e. The zero-order chi connectivity index (χ0) is 9.97. The highest BCUT2D eigenvalue weighted by atomic mass is 16.1. The first-order valence-corrected chi connectivity index (χ1v) is 5.13. The first kappa shape index (κ1) is 9.25. The van der Waals surface area contributed by atoms with E-state index < -0.39 is 0 Å². The van der Waals surface area contributed by atoms with Crippen LogP contribution in [-0.2, 0) is 4.79 Å². The van der Waals surface area contributed by atoms with Gasteiger partial charge in [-0.15, -0.1) is 0 Å². The molecule has 0 aromatic heterocycles. The SMILES string of the molecule is Nc1cccc(C2CCC(=O)CC2)c1. The van der Waals surface area contributed by atoms with E-state index in [2.05, 4.69) is 6.07 Å². The van der Waals surface area contributed by atoms with Crippen LogP contribution in [0.25, 0.3) is 0 Å². The topological polar surface area (TPSA) is 43.1 Å². The van der Waals surface area contributed by atoms with E-state index in [4.69, 9.17) is 5.73 Å². The molecule has 0 unspecified atom stereocenters. The van der Waals surface area contributed by atoms with Crippen molar-refractivity contribution < 1.29 is 4.79 Å². The van der Waals surface area contributed by atoms with Crippen LogP contribution < -0.4 is 5.73 Å². The van der Waals surface area contributed by atoms with Crippen LogP contribution in [0.15, 0.2) is 24.3 Å². The maximum absolute atomic E-state index is 11.1. The Morgan fingerprint density at radius 1 is 1.21 bits per heavy atom. The third-order valence-electron chi connectivity index (χ3n) is 2.93. The molecule has 1 fully saturated rings. The number of hydrogen-bond donors (Lipinski definition) is 1. The van der Waals surface area contributed by atoms with Gasteiger partial charge in [-0.2, -0.15) is 0 Å². The second-order valence-electron chi connectivity index (χ2n) is 3.98. The molecule has 1 saturated carbocycles. The number of nitrogens with two attached hydrogens (primary N) is 1. The zero-order valence-electron chi connectivity index (χ0n) is 8.20. The minimum absolute atomic E-state index is 0.408. The molecule has 1 aliphatic rings. The number of Topliss-reactive ketones (excluding diaryl/α,β-unsaturated/α-hetero) is 1. The summed E-state index contributed by atoms with van der Waals surface area (Å²) in [5.41, 5.74) is 7.83. The van der Waals surface area contributed by atoms with Gasteiger partial charge in [0.2, 0.25) is 0 Å². The van der Waals surface area contributed by atoms with E-state index in [0.29, 0.717) is 11.7 Å². The summed E-state index contributed by atoms with van der Waals surface area (Å²) in [6.07, 6.45) is 3.45. The number of benzene rings is 1. The van der Waals surface area contributed by atoms with Crippen LogP contribution in [0.3, 0.4) is 0 Å². The second-order valence-corrected chi connectivity index (χ2v) is 3.98. The maximum Gasteiger partial charge on any atom is 0.132 e. The van der Waals surface area contributed by atoms with Crippen molar-refractivity contribution in [3.05, 3.63) is 29.8 Å². The highest BCUT2D eigenvalue weighted by molar-refractivity contribution is 5.79. The lowest BCUT2D eigenvalue weighted by Crippen LogP contribution is -2.12. The Balaban J connectivity index is 2.12. The van der Waals surface area contributed by atoms with Gasteiger partial charge in [0.15, 0.2) is 0 Å². The van der Waals surface area contributed by atoms with Crippen LogP contribution in [0.4, 0.5) is 5.69 Å². The average Bonchev–Trinajstić information content (AvgIpc) is 2.19. The van der Waals surface area contributed by atoms with Gasteiger partial charge in [0.25, 0.3) is 0 Å². The van der Waals surface area contributed by atoms with Gasteiger partial charge in [0.05, 0.1) is 0 Å². The van der Waals surface area contributed by atoms with Crippen molar-refractivity contribution >= 4 is 11.5 Å². The Morgan fingerprint density at radius 3 is 2.57 bits per heavy atom. The summed E-state index contributed by atoms with van der Waals surface area (Å²) in [4.78, 5) is 11.1.